The molecule has 0 spiro atoms. The van der Waals surface area contributed by atoms with Crippen molar-refractivity contribution >= 4 is 11.9 Å². The van der Waals surface area contributed by atoms with Crippen LogP contribution in [0.2, 0.25) is 0 Å². The second kappa shape index (κ2) is 9.91. The van der Waals surface area contributed by atoms with Crippen LogP contribution in [0.4, 0.5) is 6.01 Å². The summed E-state index contributed by atoms with van der Waals surface area (Å²) in [5, 5.41) is 10.6. The minimum atomic E-state index is -0.365. The number of hydrogen-bond donors (Lipinski definition) is 1. The molecule has 0 saturated heterocycles. The van der Waals surface area contributed by atoms with Gasteiger partial charge in [-0.3, -0.25) is 10.1 Å². The maximum atomic E-state index is 12.6. The monoisotopic (exact) mass is 409 g/mol. The summed E-state index contributed by atoms with van der Waals surface area (Å²) >= 11 is 0. The Bertz CT molecular complexity index is 980. The minimum absolute atomic E-state index is 0.0562. The van der Waals surface area contributed by atoms with Crippen molar-refractivity contribution in [3.05, 3.63) is 65.0 Å². The molecule has 0 bridgehead atoms. The summed E-state index contributed by atoms with van der Waals surface area (Å²) in [4.78, 5) is 12.6. The summed E-state index contributed by atoms with van der Waals surface area (Å²) in [7, 11) is 0. The number of aromatic nitrogens is 2. The Morgan fingerprint density at radius 2 is 1.70 bits per heavy atom. The molecule has 1 heterocycles. The van der Waals surface area contributed by atoms with E-state index in [2.05, 4.69) is 41.5 Å². The SMILES string of the molecule is CCOc1ccc(C(=O)Nc2nnc(Cc3ccc(C(C)C)cc3)o2)cc1OCC. The zero-order valence-corrected chi connectivity index (χ0v) is 17.8. The van der Waals surface area contributed by atoms with E-state index in [0.29, 0.717) is 48.5 Å². The highest BCUT2D eigenvalue weighted by atomic mass is 16.5. The number of rotatable bonds is 9. The maximum Gasteiger partial charge on any atom is 0.322 e. The Morgan fingerprint density at radius 1 is 1.00 bits per heavy atom. The van der Waals surface area contributed by atoms with Gasteiger partial charge >= 0.3 is 6.01 Å². The van der Waals surface area contributed by atoms with E-state index in [-0.39, 0.29) is 11.9 Å². The fourth-order valence-corrected chi connectivity index (χ4v) is 2.93. The minimum Gasteiger partial charge on any atom is -0.490 e. The molecule has 158 valence electrons. The van der Waals surface area contributed by atoms with Crippen LogP contribution in [0.15, 0.2) is 46.9 Å². The van der Waals surface area contributed by atoms with Crippen LogP contribution in [0.5, 0.6) is 11.5 Å². The predicted octanol–water partition coefficient (Wildman–Crippen LogP) is 4.83. The normalized spacial score (nSPS) is 10.8. The van der Waals surface area contributed by atoms with E-state index in [1.54, 1.807) is 18.2 Å². The average molecular weight is 409 g/mol. The van der Waals surface area contributed by atoms with Crippen LogP contribution in [0.25, 0.3) is 0 Å². The molecule has 7 nitrogen and oxygen atoms in total. The highest BCUT2D eigenvalue weighted by molar-refractivity contribution is 6.03. The smallest absolute Gasteiger partial charge is 0.322 e. The van der Waals surface area contributed by atoms with Crippen molar-refractivity contribution in [2.24, 2.45) is 0 Å². The summed E-state index contributed by atoms with van der Waals surface area (Å²) in [6.07, 6.45) is 0.499. The predicted molar refractivity (Wildman–Crippen MR) is 114 cm³/mol. The fourth-order valence-electron chi connectivity index (χ4n) is 2.93. The van der Waals surface area contributed by atoms with Crippen molar-refractivity contribution in [1.82, 2.24) is 10.2 Å². The van der Waals surface area contributed by atoms with Crippen molar-refractivity contribution in [2.75, 3.05) is 18.5 Å². The van der Waals surface area contributed by atoms with Crippen LogP contribution in [-0.2, 0) is 6.42 Å². The first-order valence-corrected chi connectivity index (χ1v) is 10.1. The van der Waals surface area contributed by atoms with Crippen molar-refractivity contribution in [3.8, 4) is 11.5 Å². The van der Waals surface area contributed by atoms with E-state index in [0.717, 1.165) is 5.56 Å². The molecule has 0 saturated carbocycles. The maximum absolute atomic E-state index is 12.6. The molecule has 1 aromatic heterocycles. The van der Waals surface area contributed by atoms with Crippen molar-refractivity contribution in [3.63, 3.8) is 0 Å². The second-order valence-electron chi connectivity index (χ2n) is 7.06. The van der Waals surface area contributed by atoms with Crippen LogP contribution >= 0.6 is 0 Å². The van der Waals surface area contributed by atoms with Gasteiger partial charge in [-0.2, -0.15) is 0 Å². The molecule has 30 heavy (non-hydrogen) atoms. The lowest BCUT2D eigenvalue weighted by molar-refractivity contribution is 0.102. The third-order valence-electron chi connectivity index (χ3n) is 4.49. The molecular weight excluding hydrogens is 382 g/mol. The Kier molecular flexibility index (Phi) is 7.06. The number of nitrogens with one attached hydrogen (secondary N) is 1. The highest BCUT2D eigenvalue weighted by Crippen LogP contribution is 2.29. The van der Waals surface area contributed by atoms with Gasteiger partial charge in [0, 0.05) is 5.56 Å². The Labute approximate surface area is 176 Å². The largest absolute Gasteiger partial charge is 0.490 e. The third kappa shape index (κ3) is 5.37. The number of amides is 1. The molecule has 2 aromatic carbocycles. The third-order valence-corrected chi connectivity index (χ3v) is 4.49. The molecule has 1 amide bonds. The zero-order valence-electron chi connectivity index (χ0n) is 17.8. The van der Waals surface area contributed by atoms with Crippen LogP contribution in [0.1, 0.15) is 61.0 Å². The number of hydrogen-bond acceptors (Lipinski definition) is 6. The molecule has 0 unspecified atom stereocenters. The summed E-state index contributed by atoms with van der Waals surface area (Å²) in [6, 6.07) is 13.4. The van der Waals surface area contributed by atoms with Crippen LogP contribution in [0.3, 0.4) is 0 Å². The Hall–Kier alpha value is -3.35. The van der Waals surface area contributed by atoms with E-state index >= 15 is 0 Å². The molecular formula is C23H27N3O4. The number of carbonyl (C=O) groups is 1. The van der Waals surface area contributed by atoms with Crippen molar-refractivity contribution in [1.29, 1.82) is 0 Å². The summed E-state index contributed by atoms with van der Waals surface area (Å²) in [5.74, 6) is 1.66. The van der Waals surface area contributed by atoms with Crippen molar-refractivity contribution in [2.45, 2.75) is 40.0 Å². The van der Waals surface area contributed by atoms with Gasteiger partial charge in [0.1, 0.15) is 0 Å². The zero-order chi connectivity index (χ0) is 21.5. The van der Waals surface area contributed by atoms with E-state index in [9.17, 15) is 4.79 Å². The molecule has 0 fully saturated rings. The van der Waals surface area contributed by atoms with Crippen LogP contribution < -0.4 is 14.8 Å². The lowest BCUT2D eigenvalue weighted by Crippen LogP contribution is -2.12. The Balaban J connectivity index is 1.66. The molecule has 0 aliphatic heterocycles. The van der Waals surface area contributed by atoms with Gasteiger partial charge in [0.25, 0.3) is 5.91 Å². The number of anilines is 1. The molecule has 0 aliphatic rings. The number of carbonyl (C=O) groups excluding carboxylic acids is 1. The standard InChI is InChI=1S/C23H27N3O4/c1-5-28-19-12-11-18(14-20(19)29-6-2)22(27)24-23-26-25-21(30-23)13-16-7-9-17(10-8-16)15(3)4/h7-12,14-15H,5-6,13H2,1-4H3,(H,24,26,27). The summed E-state index contributed by atoms with van der Waals surface area (Å²) < 4.78 is 16.7. The van der Waals surface area contributed by atoms with E-state index in [1.807, 2.05) is 26.0 Å². The van der Waals surface area contributed by atoms with E-state index in [4.69, 9.17) is 13.9 Å². The molecule has 0 atom stereocenters. The van der Waals surface area contributed by atoms with Gasteiger partial charge in [-0.05, 0) is 49.1 Å². The summed E-state index contributed by atoms with van der Waals surface area (Å²) in [5.41, 5.74) is 2.75. The molecule has 3 rings (SSSR count). The second-order valence-corrected chi connectivity index (χ2v) is 7.06. The molecule has 0 aliphatic carbocycles. The highest BCUT2D eigenvalue weighted by Gasteiger charge is 2.15. The first-order chi connectivity index (χ1) is 14.5. The molecule has 3 aromatic rings. The topological polar surface area (TPSA) is 86.5 Å². The van der Waals surface area contributed by atoms with Crippen LogP contribution in [0, 0.1) is 0 Å². The number of ether oxygens (including phenoxy) is 2. The van der Waals surface area contributed by atoms with Gasteiger partial charge in [0.2, 0.25) is 5.89 Å². The Morgan fingerprint density at radius 3 is 2.37 bits per heavy atom. The quantitative estimate of drug-likeness (QED) is 0.544. The van der Waals surface area contributed by atoms with Gasteiger partial charge in [-0.15, -0.1) is 5.10 Å². The molecule has 0 radical (unpaired) electrons. The van der Waals surface area contributed by atoms with Gasteiger partial charge in [0.15, 0.2) is 11.5 Å². The van der Waals surface area contributed by atoms with Gasteiger partial charge in [-0.1, -0.05) is 43.2 Å². The van der Waals surface area contributed by atoms with Gasteiger partial charge < -0.3 is 13.9 Å². The summed E-state index contributed by atoms with van der Waals surface area (Å²) in [6.45, 7) is 9.06. The van der Waals surface area contributed by atoms with Crippen molar-refractivity contribution < 1.29 is 18.7 Å². The average Bonchev–Trinajstić information content (AvgIpc) is 3.16. The lowest BCUT2D eigenvalue weighted by atomic mass is 10.0. The fraction of sp³-hybridized carbons (Fsp3) is 0.348. The number of benzene rings is 2. The van der Waals surface area contributed by atoms with E-state index < -0.39 is 0 Å². The van der Waals surface area contributed by atoms with Gasteiger partial charge in [0.05, 0.1) is 19.6 Å². The van der Waals surface area contributed by atoms with Crippen LogP contribution in [-0.4, -0.2) is 29.3 Å². The van der Waals surface area contributed by atoms with E-state index in [1.165, 1.54) is 5.56 Å². The molecule has 7 heteroatoms. The first kappa shape index (κ1) is 21.4. The molecule has 1 N–H and O–H groups in total. The van der Waals surface area contributed by atoms with Gasteiger partial charge in [-0.25, -0.2) is 0 Å². The first-order valence-electron chi connectivity index (χ1n) is 10.1. The lowest BCUT2D eigenvalue weighted by Gasteiger charge is -2.11. The number of nitrogens with zero attached hydrogens (tertiary/aromatic N) is 2.